The van der Waals surface area contributed by atoms with E-state index in [2.05, 4.69) is 47.1 Å². The molecule has 27 heavy (non-hydrogen) atoms. The van der Waals surface area contributed by atoms with Gasteiger partial charge in [0.05, 0.1) is 17.6 Å². The Morgan fingerprint density at radius 2 is 1.81 bits per heavy atom. The molecule has 1 amide bonds. The second-order valence-electron chi connectivity index (χ2n) is 7.58. The minimum absolute atomic E-state index is 0.174. The summed E-state index contributed by atoms with van der Waals surface area (Å²) >= 11 is 0. The van der Waals surface area contributed by atoms with E-state index in [0.717, 1.165) is 36.2 Å². The maximum atomic E-state index is 12.6. The Kier molecular flexibility index (Phi) is 5.23. The van der Waals surface area contributed by atoms with E-state index in [9.17, 15) is 4.79 Å². The predicted molar refractivity (Wildman–Crippen MR) is 108 cm³/mol. The van der Waals surface area contributed by atoms with Crippen LogP contribution in [-0.4, -0.2) is 15.5 Å². The van der Waals surface area contributed by atoms with Crippen molar-refractivity contribution in [1.82, 2.24) is 14.9 Å². The Bertz CT molecular complexity index is 938. The number of aryl methyl sites for hydroxylation is 1. The Morgan fingerprint density at radius 1 is 1.07 bits per heavy atom. The first kappa shape index (κ1) is 17.8. The maximum Gasteiger partial charge on any atom is 0.223 e. The smallest absolute Gasteiger partial charge is 0.223 e. The van der Waals surface area contributed by atoms with E-state index < -0.39 is 0 Å². The zero-order valence-electron chi connectivity index (χ0n) is 15.9. The van der Waals surface area contributed by atoms with Crippen molar-refractivity contribution in [2.75, 3.05) is 0 Å². The van der Waals surface area contributed by atoms with Crippen molar-refractivity contribution in [3.8, 4) is 0 Å². The van der Waals surface area contributed by atoms with Crippen LogP contribution in [-0.2, 0) is 17.9 Å². The number of aromatic nitrogens is 2. The molecule has 1 heterocycles. The van der Waals surface area contributed by atoms with Gasteiger partial charge in [0, 0.05) is 12.5 Å². The Hall–Kier alpha value is -2.62. The summed E-state index contributed by atoms with van der Waals surface area (Å²) in [6.07, 6.45) is 5.64. The topological polar surface area (TPSA) is 46.9 Å². The van der Waals surface area contributed by atoms with Crippen molar-refractivity contribution in [3.63, 3.8) is 0 Å². The van der Waals surface area contributed by atoms with Crippen molar-refractivity contribution < 1.29 is 4.79 Å². The number of carbonyl (C=O) groups excluding carboxylic acids is 1. The van der Waals surface area contributed by atoms with E-state index in [0.29, 0.717) is 6.54 Å². The quantitative estimate of drug-likeness (QED) is 0.722. The average Bonchev–Trinajstić information content (AvgIpc) is 3.06. The van der Waals surface area contributed by atoms with Crippen LogP contribution in [0.5, 0.6) is 0 Å². The molecule has 0 atom stereocenters. The minimum atomic E-state index is 0.174. The van der Waals surface area contributed by atoms with Gasteiger partial charge in [0.1, 0.15) is 5.82 Å². The number of nitrogens with zero attached hydrogens (tertiary/aromatic N) is 2. The molecule has 4 rings (SSSR count). The van der Waals surface area contributed by atoms with Crippen LogP contribution < -0.4 is 5.32 Å². The summed E-state index contributed by atoms with van der Waals surface area (Å²) in [5.74, 6) is 1.28. The molecule has 0 radical (unpaired) electrons. The van der Waals surface area contributed by atoms with Gasteiger partial charge < -0.3 is 9.88 Å². The molecule has 1 saturated carbocycles. The minimum Gasteiger partial charge on any atom is -0.349 e. The maximum absolute atomic E-state index is 12.6. The van der Waals surface area contributed by atoms with Gasteiger partial charge in [0.15, 0.2) is 0 Å². The highest BCUT2D eigenvalue weighted by Crippen LogP contribution is 2.24. The monoisotopic (exact) mass is 361 g/mol. The van der Waals surface area contributed by atoms with E-state index in [1.54, 1.807) is 0 Å². The van der Waals surface area contributed by atoms with E-state index >= 15 is 0 Å². The van der Waals surface area contributed by atoms with Gasteiger partial charge in [-0.25, -0.2) is 4.98 Å². The van der Waals surface area contributed by atoms with Crippen molar-refractivity contribution in [2.24, 2.45) is 5.92 Å². The summed E-state index contributed by atoms with van der Waals surface area (Å²) in [6.45, 7) is 3.39. The third kappa shape index (κ3) is 3.90. The second-order valence-corrected chi connectivity index (χ2v) is 7.58. The molecule has 0 saturated heterocycles. The van der Waals surface area contributed by atoms with Crippen molar-refractivity contribution in [3.05, 3.63) is 65.5 Å². The van der Waals surface area contributed by atoms with Gasteiger partial charge in [-0.1, -0.05) is 55.7 Å². The largest absolute Gasteiger partial charge is 0.349 e. The van der Waals surface area contributed by atoms with E-state index in [1.165, 1.54) is 30.4 Å². The lowest BCUT2D eigenvalue weighted by Gasteiger charge is -2.20. The molecule has 1 aromatic heterocycles. The zero-order valence-corrected chi connectivity index (χ0v) is 15.9. The molecule has 4 nitrogen and oxygen atoms in total. The van der Waals surface area contributed by atoms with Crippen LogP contribution in [0.15, 0.2) is 48.5 Å². The molecule has 2 aromatic carbocycles. The third-order valence-electron chi connectivity index (χ3n) is 5.72. The normalized spacial score (nSPS) is 15.1. The Balaban J connectivity index is 1.58. The standard InChI is InChI=1S/C23H27N3O/c1-17-9-5-6-12-19(17)16-26-21-14-8-7-13-20(21)25-22(26)15-24-23(27)18-10-3-2-4-11-18/h5-9,12-14,18H,2-4,10-11,15-16H2,1H3,(H,24,27). The van der Waals surface area contributed by atoms with Gasteiger partial charge in [-0.15, -0.1) is 0 Å². The highest BCUT2D eigenvalue weighted by atomic mass is 16.1. The van der Waals surface area contributed by atoms with Gasteiger partial charge in [-0.05, 0) is 43.0 Å². The summed E-state index contributed by atoms with van der Waals surface area (Å²) in [5.41, 5.74) is 4.64. The summed E-state index contributed by atoms with van der Waals surface area (Å²) in [7, 11) is 0. The highest BCUT2D eigenvalue weighted by molar-refractivity contribution is 5.79. The molecule has 1 aliphatic rings. The fourth-order valence-corrected chi connectivity index (χ4v) is 4.07. The lowest BCUT2D eigenvalue weighted by molar-refractivity contribution is -0.126. The van der Waals surface area contributed by atoms with Crippen molar-refractivity contribution in [2.45, 2.75) is 52.1 Å². The zero-order chi connectivity index (χ0) is 18.6. The number of amides is 1. The average molecular weight is 361 g/mol. The van der Waals surface area contributed by atoms with E-state index in [1.807, 2.05) is 18.2 Å². The number of benzene rings is 2. The number of hydrogen-bond donors (Lipinski definition) is 1. The van der Waals surface area contributed by atoms with Gasteiger partial charge in [0.2, 0.25) is 5.91 Å². The molecular weight excluding hydrogens is 334 g/mol. The summed E-state index contributed by atoms with van der Waals surface area (Å²) in [5, 5.41) is 3.15. The number of rotatable bonds is 5. The van der Waals surface area contributed by atoms with Crippen LogP contribution in [0.3, 0.4) is 0 Å². The first-order valence-electron chi connectivity index (χ1n) is 9.99. The Labute approximate surface area is 160 Å². The Morgan fingerprint density at radius 3 is 2.63 bits per heavy atom. The molecule has 1 fully saturated rings. The fraction of sp³-hybridized carbons (Fsp3) is 0.391. The number of fused-ring (bicyclic) bond motifs is 1. The van der Waals surface area contributed by atoms with E-state index in [4.69, 9.17) is 4.98 Å². The molecule has 4 heteroatoms. The van der Waals surface area contributed by atoms with Crippen LogP contribution in [0.25, 0.3) is 11.0 Å². The molecule has 1 aliphatic carbocycles. The predicted octanol–water partition coefficient (Wildman–Crippen LogP) is 4.59. The molecule has 0 spiro atoms. The molecule has 0 unspecified atom stereocenters. The van der Waals surface area contributed by atoms with Crippen LogP contribution in [0, 0.1) is 12.8 Å². The lowest BCUT2D eigenvalue weighted by Crippen LogP contribution is -2.32. The number of carbonyl (C=O) groups is 1. The molecule has 0 aliphatic heterocycles. The van der Waals surface area contributed by atoms with Gasteiger partial charge in [-0.3, -0.25) is 4.79 Å². The third-order valence-corrected chi connectivity index (χ3v) is 5.72. The fourth-order valence-electron chi connectivity index (χ4n) is 4.07. The van der Waals surface area contributed by atoms with E-state index in [-0.39, 0.29) is 11.8 Å². The van der Waals surface area contributed by atoms with Gasteiger partial charge in [-0.2, -0.15) is 0 Å². The van der Waals surface area contributed by atoms with Crippen molar-refractivity contribution >= 4 is 16.9 Å². The number of imidazole rings is 1. The number of hydrogen-bond acceptors (Lipinski definition) is 2. The number of para-hydroxylation sites is 2. The van der Waals surface area contributed by atoms with Gasteiger partial charge in [0.25, 0.3) is 0 Å². The molecule has 0 bridgehead atoms. The molecular formula is C23H27N3O. The van der Waals surface area contributed by atoms with Gasteiger partial charge >= 0.3 is 0 Å². The lowest BCUT2D eigenvalue weighted by atomic mass is 9.89. The first-order chi connectivity index (χ1) is 13.2. The van der Waals surface area contributed by atoms with Crippen LogP contribution in [0.1, 0.15) is 49.1 Å². The van der Waals surface area contributed by atoms with Crippen LogP contribution in [0.4, 0.5) is 0 Å². The van der Waals surface area contributed by atoms with Crippen LogP contribution in [0.2, 0.25) is 0 Å². The summed E-state index contributed by atoms with van der Waals surface area (Å²) in [6, 6.07) is 16.6. The van der Waals surface area contributed by atoms with Crippen LogP contribution >= 0.6 is 0 Å². The number of nitrogens with one attached hydrogen (secondary N) is 1. The van der Waals surface area contributed by atoms with Crippen molar-refractivity contribution in [1.29, 1.82) is 0 Å². The SMILES string of the molecule is Cc1ccccc1Cn1c(CNC(=O)C2CCCCC2)nc2ccccc21. The molecule has 140 valence electrons. The summed E-state index contributed by atoms with van der Waals surface area (Å²) < 4.78 is 2.23. The molecule has 1 N–H and O–H groups in total. The summed E-state index contributed by atoms with van der Waals surface area (Å²) in [4.78, 5) is 17.4. The molecule has 3 aromatic rings. The highest BCUT2D eigenvalue weighted by Gasteiger charge is 2.21. The second kappa shape index (κ2) is 7.95. The first-order valence-corrected chi connectivity index (χ1v) is 9.99.